The van der Waals surface area contributed by atoms with E-state index in [4.69, 9.17) is 38.9 Å². The topological polar surface area (TPSA) is 96.3 Å². The standard InChI is InChI=1S/C19H16Cl2N2O3S/c1-2-26-17-7-11(5-12(9-22)19(23)25)6-13(18(17)24)10-27-14-3-4-15(20)16(21)8-14/h3-8,24H,2,10H2,1H3,(H2,23,25)/b12-5+. The second kappa shape index (κ2) is 9.56. The molecule has 0 unspecified atom stereocenters. The van der Waals surface area contributed by atoms with E-state index in [1.165, 1.54) is 17.8 Å². The van der Waals surface area contributed by atoms with Crippen molar-refractivity contribution in [3.8, 4) is 17.6 Å². The van der Waals surface area contributed by atoms with Crippen LogP contribution in [-0.4, -0.2) is 17.6 Å². The van der Waals surface area contributed by atoms with E-state index in [1.54, 1.807) is 37.3 Å². The summed E-state index contributed by atoms with van der Waals surface area (Å²) < 4.78 is 5.45. The second-order valence-electron chi connectivity index (χ2n) is 5.36. The summed E-state index contributed by atoms with van der Waals surface area (Å²) in [6.45, 7) is 2.14. The highest BCUT2D eigenvalue weighted by atomic mass is 35.5. The van der Waals surface area contributed by atoms with Crippen LogP contribution >= 0.6 is 35.0 Å². The zero-order chi connectivity index (χ0) is 20.0. The fraction of sp³-hybridized carbons (Fsp3) is 0.158. The number of carbonyl (C=O) groups is 1. The number of nitrogens with zero attached hydrogens (tertiary/aromatic N) is 1. The summed E-state index contributed by atoms with van der Waals surface area (Å²) in [6, 6.07) is 10.2. The number of hydrogen-bond acceptors (Lipinski definition) is 5. The van der Waals surface area contributed by atoms with Crippen molar-refractivity contribution >= 4 is 46.9 Å². The van der Waals surface area contributed by atoms with Crippen molar-refractivity contribution in [3.05, 3.63) is 57.1 Å². The lowest BCUT2D eigenvalue weighted by molar-refractivity contribution is -0.114. The van der Waals surface area contributed by atoms with Gasteiger partial charge in [0.05, 0.1) is 16.7 Å². The van der Waals surface area contributed by atoms with Gasteiger partial charge >= 0.3 is 0 Å². The summed E-state index contributed by atoms with van der Waals surface area (Å²) in [7, 11) is 0. The third-order valence-corrected chi connectivity index (χ3v) is 5.24. The number of carbonyl (C=O) groups excluding carboxylic acids is 1. The van der Waals surface area contributed by atoms with Gasteiger partial charge in [0, 0.05) is 16.2 Å². The van der Waals surface area contributed by atoms with Crippen molar-refractivity contribution in [1.82, 2.24) is 0 Å². The molecule has 0 saturated heterocycles. The first-order valence-electron chi connectivity index (χ1n) is 7.83. The predicted molar refractivity (Wildman–Crippen MR) is 108 cm³/mol. The lowest BCUT2D eigenvalue weighted by Gasteiger charge is -2.12. The van der Waals surface area contributed by atoms with Crippen LogP contribution in [0.2, 0.25) is 10.0 Å². The van der Waals surface area contributed by atoms with Crippen molar-refractivity contribution in [3.63, 3.8) is 0 Å². The number of nitrogens with two attached hydrogens (primary N) is 1. The smallest absolute Gasteiger partial charge is 0.259 e. The van der Waals surface area contributed by atoms with Crippen LogP contribution in [0.1, 0.15) is 18.1 Å². The molecule has 0 saturated carbocycles. The van der Waals surface area contributed by atoms with Crippen LogP contribution in [0.15, 0.2) is 40.8 Å². The molecular formula is C19H16Cl2N2O3S. The Morgan fingerprint density at radius 2 is 2.07 bits per heavy atom. The summed E-state index contributed by atoms with van der Waals surface area (Å²) in [5.74, 6) is -0.156. The zero-order valence-corrected chi connectivity index (χ0v) is 16.7. The minimum absolute atomic E-state index is 0.000793. The molecule has 0 aliphatic carbocycles. The summed E-state index contributed by atoms with van der Waals surface area (Å²) in [4.78, 5) is 12.2. The van der Waals surface area contributed by atoms with Gasteiger partial charge in [0.25, 0.3) is 5.91 Å². The van der Waals surface area contributed by atoms with Crippen LogP contribution in [0, 0.1) is 11.3 Å². The minimum Gasteiger partial charge on any atom is -0.504 e. The molecule has 8 heteroatoms. The maximum atomic E-state index is 11.3. The highest BCUT2D eigenvalue weighted by molar-refractivity contribution is 7.98. The molecule has 0 aliphatic heterocycles. The van der Waals surface area contributed by atoms with Crippen LogP contribution < -0.4 is 10.5 Å². The van der Waals surface area contributed by atoms with Gasteiger partial charge in [0.15, 0.2) is 11.5 Å². The lowest BCUT2D eigenvalue weighted by Crippen LogP contribution is -2.12. The normalized spacial score (nSPS) is 11.1. The molecule has 0 aliphatic rings. The number of ether oxygens (including phenoxy) is 1. The number of thioether (sulfide) groups is 1. The third-order valence-electron chi connectivity index (χ3n) is 3.46. The number of phenols is 1. The van der Waals surface area contributed by atoms with Gasteiger partial charge in [0.1, 0.15) is 11.6 Å². The van der Waals surface area contributed by atoms with Gasteiger partial charge < -0.3 is 15.6 Å². The molecule has 1 amide bonds. The largest absolute Gasteiger partial charge is 0.504 e. The maximum absolute atomic E-state index is 11.3. The molecular weight excluding hydrogens is 407 g/mol. The molecule has 0 radical (unpaired) electrons. The van der Waals surface area contributed by atoms with Gasteiger partial charge in [-0.15, -0.1) is 11.8 Å². The van der Waals surface area contributed by atoms with Crippen LogP contribution in [0.4, 0.5) is 0 Å². The molecule has 27 heavy (non-hydrogen) atoms. The average molecular weight is 423 g/mol. The van der Waals surface area contributed by atoms with Crippen molar-refractivity contribution in [2.24, 2.45) is 5.73 Å². The maximum Gasteiger partial charge on any atom is 0.259 e. The predicted octanol–water partition coefficient (Wildman–Crippen LogP) is 4.78. The number of amides is 1. The molecule has 2 aromatic carbocycles. The fourth-order valence-corrected chi connectivity index (χ4v) is 3.47. The Balaban J connectivity index is 2.37. The van der Waals surface area contributed by atoms with Gasteiger partial charge in [0.2, 0.25) is 0 Å². The Labute approximate surface area is 171 Å². The Morgan fingerprint density at radius 1 is 1.33 bits per heavy atom. The fourth-order valence-electron chi connectivity index (χ4n) is 2.20. The van der Waals surface area contributed by atoms with E-state index in [1.807, 2.05) is 6.07 Å². The van der Waals surface area contributed by atoms with Gasteiger partial charge in [-0.25, -0.2) is 0 Å². The van der Waals surface area contributed by atoms with Gasteiger partial charge in [-0.05, 0) is 48.9 Å². The van der Waals surface area contributed by atoms with Crippen LogP contribution in [0.5, 0.6) is 11.5 Å². The molecule has 0 bridgehead atoms. The Morgan fingerprint density at radius 3 is 2.67 bits per heavy atom. The van der Waals surface area contributed by atoms with Crippen LogP contribution in [-0.2, 0) is 10.5 Å². The van der Waals surface area contributed by atoms with Gasteiger partial charge in [-0.1, -0.05) is 23.2 Å². The van der Waals surface area contributed by atoms with E-state index in [9.17, 15) is 9.90 Å². The molecule has 0 heterocycles. The quantitative estimate of drug-likeness (QED) is 0.380. The van der Waals surface area contributed by atoms with Crippen LogP contribution in [0.25, 0.3) is 6.08 Å². The molecule has 0 fully saturated rings. The van der Waals surface area contributed by atoms with Gasteiger partial charge in [-0.2, -0.15) is 5.26 Å². The molecule has 2 aromatic rings. The highest BCUT2D eigenvalue weighted by Crippen LogP contribution is 2.37. The first-order chi connectivity index (χ1) is 12.8. The minimum atomic E-state index is -0.824. The van der Waals surface area contributed by atoms with E-state index >= 15 is 0 Å². The first kappa shape index (κ1) is 21.0. The number of nitriles is 1. The SMILES string of the molecule is CCOc1cc(/C=C(\C#N)C(N)=O)cc(CSc2ccc(Cl)c(Cl)c2)c1O. The zero-order valence-electron chi connectivity index (χ0n) is 14.3. The molecule has 0 spiro atoms. The third kappa shape index (κ3) is 5.57. The number of phenolic OH excluding ortho intramolecular Hbond substituents is 1. The monoisotopic (exact) mass is 422 g/mol. The second-order valence-corrected chi connectivity index (χ2v) is 7.22. The van der Waals surface area contributed by atoms with E-state index in [0.29, 0.717) is 33.5 Å². The van der Waals surface area contributed by atoms with Crippen LogP contribution in [0.3, 0.4) is 0 Å². The van der Waals surface area contributed by atoms with Crippen molar-refractivity contribution in [2.75, 3.05) is 6.61 Å². The Hall–Kier alpha value is -2.33. The molecule has 0 atom stereocenters. The summed E-state index contributed by atoms with van der Waals surface area (Å²) in [5, 5.41) is 20.4. The number of primary amides is 1. The number of halogens is 2. The summed E-state index contributed by atoms with van der Waals surface area (Å²) in [5.41, 5.74) is 6.09. The summed E-state index contributed by atoms with van der Waals surface area (Å²) >= 11 is 13.4. The molecule has 5 nitrogen and oxygen atoms in total. The number of hydrogen-bond donors (Lipinski definition) is 2. The molecule has 3 N–H and O–H groups in total. The Kier molecular flexibility index (Phi) is 7.43. The summed E-state index contributed by atoms with van der Waals surface area (Å²) in [6.07, 6.45) is 1.36. The number of rotatable bonds is 7. The lowest BCUT2D eigenvalue weighted by atomic mass is 10.1. The van der Waals surface area contributed by atoms with E-state index in [0.717, 1.165) is 4.90 Å². The van der Waals surface area contributed by atoms with Gasteiger partial charge in [-0.3, -0.25) is 4.79 Å². The highest BCUT2D eigenvalue weighted by Gasteiger charge is 2.13. The Bertz CT molecular complexity index is 939. The molecule has 0 aromatic heterocycles. The number of aromatic hydroxyl groups is 1. The molecule has 140 valence electrons. The molecule has 2 rings (SSSR count). The first-order valence-corrected chi connectivity index (χ1v) is 9.58. The van der Waals surface area contributed by atoms with E-state index in [-0.39, 0.29) is 17.1 Å². The average Bonchev–Trinajstić information content (AvgIpc) is 2.63. The van der Waals surface area contributed by atoms with Crippen molar-refractivity contribution in [1.29, 1.82) is 5.26 Å². The number of benzene rings is 2. The van der Waals surface area contributed by atoms with E-state index in [2.05, 4.69) is 0 Å². The van der Waals surface area contributed by atoms with E-state index < -0.39 is 5.91 Å². The van der Waals surface area contributed by atoms with Crippen molar-refractivity contribution in [2.45, 2.75) is 17.6 Å². The van der Waals surface area contributed by atoms with Crippen molar-refractivity contribution < 1.29 is 14.6 Å².